The summed E-state index contributed by atoms with van der Waals surface area (Å²) in [6, 6.07) is 22.6. The lowest BCUT2D eigenvalue weighted by Crippen LogP contribution is -2.11. The zero-order chi connectivity index (χ0) is 21.6. The molecule has 0 saturated heterocycles. The molecule has 0 aliphatic carbocycles. The summed E-state index contributed by atoms with van der Waals surface area (Å²) in [5.74, 6) is 0.317. The van der Waals surface area contributed by atoms with Crippen LogP contribution in [-0.4, -0.2) is 29.6 Å². The number of phenolic OH excluding ortho intramolecular Hbond substituents is 1. The van der Waals surface area contributed by atoms with E-state index in [1.54, 1.807) is 36.4 Å². The van der Waals surface area contributed by atoms with Crippen LogP contribution in [0, 0.1) is 0 Å². The van der Waals surface area contributed by atoms with Crippen molar-refractivity contribution in [1.29, 1.82) is 0 Å². The third-order valence-corrected chi connectivity index (χ3v) is 4.43. The maximum atomic E-state index is 12.7. The third-order valence-electron chi connectivity index (χ3n) is 4.43. The number of aromatic nitrogens is 1. The number of nitrogens with zero attached hydrogens (tertiary/aromatic N) is 2. The maximum absolute atomic E-state index is 12.7. The molecule has 154 valence electrons. The lowest BCUT2D eigenvalue weighted by atomic mass is 10.1. The Labute approximate surface area is 178 Å². The minimum Gasteiger partial charge on any atom is -0.506 e. The molecule has 3 aromatic carbocycles. The summed E-state index contributed by atoms with van der Waals surface area (Å²) in [5.41, 5.74) is 1.68. The molecule has 0 unspecified atom stereocenters. The number of rotatable bonds is 6. The van der Waals surface area contributed by atoms with Gasteiger partial charge in [0.1, 0.15) is 11.4 Å². The fraction of sp³-hybridized carbons (Fsp3) is 0.0417. The van der Waals surface area contributed by atoms with Crippen molar-refractivity contribution in [2.45, 2.75) is 0 Å². The van der Waals surface area contributed by atoms with Crippen molar-refractivity contribution in [3.63, 3.8) is 0 Å². The second kappa shape index (κ2) is 8.96. The van der Waals surface area contributed by atoms with Gasteiger partial charge in [-0.15, -0.1) is 0 Å². The molecule has 4 rings (SSSR count). The highest BCUT2D eigenvalue weighted by atomic mass is 16.6. The Morgan fingerprint density at radius 1 is 1.03 bits per heavy atom. The Morgan fingerprint density at radius 2 is 1.81 bits per heavy atom. The van der Waals surface area contributed by atoms with E-state index in [0.29, 0.717) is 22.8 Å². The number of esters is 1. The Balaban J connectivity index is 1.61. The van der Waals surface area contributed by atoms with Gasteiger partial charge in [0.05, 0.1) is 7.11 Å². The van der Waals surface area contributed by atoms with Gasteiger partial charge in [-0.2, -0.15) is 0 Å². The van der Waals surface area contributed by atoms with E-state index in [1.165, 1.54) is 25.5 Å². The van der Waals surface area contributed by atoms with Gasteiger partial charge < -0.3 is 19.1 Å². The molecule has 0 fully saturated rings. The standard InChI is InChI=1S/C24H18N2O5/c1-29-21-13-7-10-17(15-25-18-11-5-6-12-20(18)27)23(21)30-24(28)19-14-22(31-26-19)16-8-3-2-4-9-16/h2-15,27H,1H3. The number of hydrogen-bond acceptors (Lipinski definition) is 7. The quantitative estimate of drug-likeness (QED) is 0.270. The van der Waals surface area contributed by atoms with E-state index in [0.717, 1.165) is 5.56 Å². The van der Waals surface area contributed by atoms with Crippen LogP contribution in [0.15, 0.2) is 88.4 Å². The van der Waals surface area contributed by atoms with Crippen LogP contribution < -0.4 is 9.47 Å². The van der Waals surface area contributed by atoms with Crippen LogP contribution >= 0.6 is 0 Å². The molecular weight excluding hydrogens is 396 g/mol. The summed E-state index contributed by atoms with van der Waals surface area (Å²) in [7, 11) is 1.47. The third kappa shape index (κ3) is 4.45. The number of ether oxygens (including phenoxy) is 2. The van der Waals surface area contributed by atoms with Crippen LogP contribution in [0.2, 0.25) is 0 Å². The van der Waals surface area contributed by atoms with E-state index >= 15 is 0 Å². The Hall–Kier alpha value is -4.39. The first-order valence-corrected chi connectivity index (χ1v) is 9.39. The number of hydrogen-bond donors (Lipinski definition) is 1. The lowest BCUT2D eigenvalue weighted by Gasteiger charge is -2.10. The van der Waals surface area contributed by atoms with Crippen LogP contribution in [0.3, 0.4) is 0 Å². The van der Waals surface area contributed by atoms with Crippen molar-refractivity contribution >= 4 is 17.9 Å². The zero-order valence-electron chi connectivity index (χ0n) is 16.6. The van der Waals surface area contributed by atoms with E-state index in [4.69, 9.17) is 14.0 Å². The Morgan fingerprint density at radius 3 is 2.58 bits per heavy atom. The van der Waals surface area contributed by atoms with Crippen molar-refractivity contribution in [3.8, 4) is 28.6 Å². The molecule has 7 nitrogen and oxygen atoms in total. The number of methoxy groups -OCH3 is 1. The summed E-state index contributed by atoms with van der Waals surface area (Å²) in [5, 5.41) is 13.7. The molecule has 0 saturated carbocycles. The van der Waals surface area contributed by atoms with Crippen molar-refractivity contribution in [1.82, 2.24) is 5.16 Å². The normalized spacial score (nSPS) is 10.9. The monoisotopic (exact) mass is 414 g/mol. The van der Waals surface area contributed by atoms with Crippen molar-refractivity contribution in [3.05, 3.63) is 90.1 Å². The fourth-order valence-electron chi connectivity index (χ4n) is 2.87. The fourth-order valence-corrected chi connectivity index (χ4v) is 2.87. The van der Waals surface area contributed by atoms with Gasteiger partial charge in [-0.25, -0.2) is 4.79 Å². The molecule has 4 aromatic rings. The Bertz CT molecular complexity index is 1230. The smallest absolute Gasteiger partial charge is 0.366 e. The molecule has 0 aliphatic heterocycles. The minimum absolute atomic E-state index is 0.0216. The highest BCUT2D eigenvalue weighted by molar-refractivity contribution is 5.94. The van der Waals surface area contributed by atoms with Gasteiger partial charge in [0, 0.05) is 23.4 Å². The van der Waals surface area contributed by atoms with Gasteiger partial charge in [-0.1, -0.05) is 53.7 Å². The van der Waals surface area contributed by atoms with E-state index in [9.17, 15) is 9.90 Å². The number of aliphatic imine (C=N–C) groups is 1. The highest BCUT2D eigenvalue weighted by Gasteiger charge is 2.20. The molecule has 0 amide bonds. The summed E-state index contributed by atoms with van der Waals surface area (Å²) in [4.78, 5) is 17.0. The number of benzene rings is 3. The first kappa shape index (κ1) is 19.9. The Kier molecular flexibility index (Phi) is 5.75. The average molecular weight is 414 g/mol. The van der Waals surface area contributed by atoms with Gasteiger partial charge in [0.25, 0.3) is 0 Å². The van der Waals surface area contributed by atoms with E-state index in [1.807, 2.05) is 30.3 Å². The highest BCUT2D eigenvalue weighted by Crippen LogP contribution is 2.32. The lowest BCUT2D eigenvalue weighted by molar-refractivity contribution is 0.0718. The summed E-state index contributed by atoms with van der Waals surface area (Å²) in [6.45, 7) is 0. The SMILES string of the molecule is COc1cccc(C=Nc2ccccc2O)c1OC(=O)c1cc(-c2ccccc2)on1. The molecular formula is C24H18N2O5. The van der Waals surface area contributed by atoms with Gasteiger partial charge in [0.15, 0.2) is 23.0 Å². The van der Waals surface area contributed by atoms with Crippen LogP contribution in [0.1, 0.15) is 16.1 Å². The predicted molar refractivity (Wildman–Crippen MR) is 115 cm³/mol. The van der Waals surface area contributed by atoms with Gasteiger partial charge in [-0.3, -0.25) is 4.99 Å². The molecule has 0 spiro atoms. The molecule has 0 bridgehead atoms. The average Bonchev–Trinajstić information content (AvgIpc) is 3.30. The number of para-hydroxylation sites is 3. The van der Waals surface area contributed by atoms with Crippen molar-refractivity contribution in [2.75, 3.05) is 7.11 Å². The van der Waals surface area contributed by atoms with E-state index < -0.39 is 5.97 Å². The van der Waals surface area contributed by atoms with Gasteiger partial charge in [0.2, 0.25) is 0 Å². The summed E-state index contributed by atoms with van der Waals surface area (Å²) >= 11 is 0. The molecule has 7 heteroatoms. The van der Waals surface area contributed by atoms with Crippen LogP contribution in [0.25, 0.3) is 11.3 Å². The molecule has 0 atom stereocenters. The van der Waals surface area contributed by atoms with E-state index in [2.05, 4.69) is 10.1 Å². The molecule has 31 heavy (non-hydrogen) atoms. The number of carbonyl (C=O) groups is 1. The first-order valence-electron chi connectivity index (χ1n) is 9.39. The molecule has 1 heterocycles. The van der Waals surface area contributed by atoms with Crippen molar-refractivity contribution < 1.29 is 23.9 Å². The molecule has 0 aliphatic rings. The zero-order valence-corrected chi connectivity index (χ0v) is 16.6. The number of phenols is 1. The first-order chi connectivity index (χ1) is 15.2. The predicted octanol–water partition coefficient (Wildman–Crippen LogP) is 5.03. The summed E-state index contributed by atoms with van der Waals surface area (Å²) < 4.78 is 16.2. The second-order valence-electron chi connectivity index (χ2n) is 6.46. The molecule has 1 N–H and O–H groups in total. The number of aromatic hydroxyl groups is 1. The van der Waals surface area contributed by atoms with Crippen LogP contribution in [0.5, 0.6) is 17.2 Å². The van der Waals surface area contributed by atoms with Gasteiger partial charge in [-0.05, 0) is 24.3 Å². The second-order valence-corrected chi connectivity index (χ2v) is 6.46. The van der Waals surface area contributed by atoms with E-state index in [-0.39, 0.29) is 17.2 Å². The summed E-state index contributed by atoms with van der Waals surface area (Å²) in [6.07, 6.45) is 1.48. The van der Waals surface area contributed by atoms with Crippen LogP contribution in [-0.2, 0) is 0 Å². The topological polar surface area (TPSA) is 94.2 Å². The molecule has 0 radical (unpaired) electrons. The number of carbonyl (C=O) groups excluding carboxylic acids is 1. The minimum atomic E-state index is -0.701. The molecule has 1 aromatic heterocycles. The largest absolute Gasteiger partial charge is 0.506 e. The van der Waals surface area contributed by atoms with Crippen LogP contribution in [0.4, 0.5) is 5.69 Å². The van der Waals surface area contributed by atoms with Crippen molar-refractivity contribution in [2.24, 2.45) is 4.99 Å². The maximum Gasteiger partial charge on any atom is 0.366 e. The van der Waals surface area contributed by atoms with Gasteiger partial charge >= 0.3 is 5.97 Å².